The lowest BCUT2D eigenvalue weighted by molar-refractivity contribution is 0.191. The molecule has 7 nitrogen and oxygen atoms in total. The number of aryl methyl sites for hydroxylation is 2. The molecule has 1 aliphatic heterocycles. The predicted molar refractivity (Wildman–Crippen MR) is 106 cm³/mol. The average molecular weight is 385 g/mol. The fourth-order valence-corrected chi connectivity index (χ4v) is 4.78. The zero-order valence-corrected chi connectivity index (χ0v) is 16.3. The molecule has 0 radical (unpaired) electrons. The van der Waals surface area contributed by atoms with Gasteiger partial charge in [0.25, 0.3) is 0 Å². The van der Waals surface area contributed by atoms with Crippen molar-refractivity contribution in [3.8, 4) is 0 Å². The number of fused-ring (bicyclic) bond motifs is 1. The van der Waals surface area contributed by atoms with Crippen LogP contribution < -0.4 is 10.2 Å². The number of nitrogens with zero attached hydrogens (tertiary/aromatic N) is 5. The quantitative estimate of drug-likeness (QED) is 0.877. The molecule has 2 amide bonds. The first-order chi connectivity index (χ1) is 13.2. The van der Waals surface area contributed by atoms with Crippen molar-refractivity contribution in [1.82, 2.24) is 20.1 Å². The largest absolute Gasteiger partial charge is 0.351 e. The van der Waals surface area contributed by atoms with Gasteiger partial charge < -0.3 is 9.80 Å². The Morgan fingerprint density at radius 2 is 2.04 bits per heavy atom. The lowest BCUT2D eigenvalue weighted by atomic mass is 10.0. The summed E-state index contributed by atoms with van der Waals surface area (Å²) >= 11 is 1.63. The van der Waals surface area contributed by atoms with Crippen LogP contribution in [0.25, 0.3) is 0 Å². The highest BCUT2D eigenvalue weighted by molar-refractivity contribution is 7.15. The van der Waals surface area contributed by atoms with E-state index in [4.69, 9.17) is 0 Å². The van der Waals surface area contributed by atoms with E-state index in [-0.39, 0.29) is 12.1 Å². The van der Waals surface area contributed by atoms with Crippen molar-refractivity contribution in [3.05, 3.63) is 28.4 Å². The van der Waals surface area contributed by atoms with Crippen molar-refractivity contribution in [3.63, 3.8) is 0 Å². The summed E-state index contributed by atoms with van der Waals surface area (Å²) in [6, 6.07) is 4.25. The van der Waals surface area contributed by atoms with Crippen LogP contribution in [-0.2, 0) is 12.8 Å². The number of hydrogen-bond donors (Lipinski definition) is 1. The van der Waals surface area contributed by atoms with Gasteiger partial charge in [-0.25, -0.2) is 9.78 Å². The van der Waals surface area contributed by atoms with Crippen LogP contribution >= 0.6 is 11.3 Å². The Hall–Kier alpha value is -2.22. The molecule has 0 aromatic carbocycles. The molecule has 5 rings (SSSR count). The van der Waals surface area contributed by atoms with Gasteiger partial charge in [-0.05, 0) is 50.7 Å². The molecule has 3 heterocycles. The van der Waals surface area contributed by atoms with Crippen molar-refractivity contribution in [1.29, 1.82) is 0 Å². The summed E-state index contributed by atoms with van der Waals surface area (Å²) in [5, 5.41) is 12.4. The number of hydrogen-bond acceptors (Lipinski definition) is 6. The molecular weight excluding hydrogens is 360 g/mol. The van der Waals surface area contributed by atoms with E-state index in [0.29, 0.717) is 5.92 Å². The standard InChI is InChI=1S/C19H24N6OS/c1-24(19(26)21-18-20-15-4-2-3-5-16(15)27-18)13-10-25(11-13)17-9-8-14(22-23-17)12-6-7-12/h8-9,12-13H,2-7,10-11H2,1H3,(H,20,21,26). The van der Waals surface area contributed by atoms with E-state index in [0.717, 1.165) is 42.6 Å². The molecule has 2 aromatic heterocycles. The van der Waals surface area contributed by atoms with Crippen LogP contribution in [0.3, 0.4) is 0 Å². The topological polar surface area (TPSA) is 74.2 Å². The number of likely N-dealkylation sites (N-methyl/N-ethyl adjacent to an activating group) is 1. The molecule has 3 aliphatic rings. The third-order valence-corrected chi connectivity index (χ3v) is 6.85. The number of urea groups is 1. The third kappa shape index (κ3) is 3.38. The van der Waals surface area contributed by atoms with Gasteiger partial charge >= 0.3 is 6.03 Å². The van der Waals surface area contributed by atoms with E-state index in [2.05, 4.69) is 37.5 Å². The first-order valence-electron chi connectivity index (χ1n) is 9.78. The van der Waals surface area contributed by atoms with E-state index in [1.807, 2.05) is 7.05 Å². The SMILES string of the molecule is CN(C(=O)Nc1nc2c(s1)CCCC2)C1CN(c2ccc(C3CC3)nn2)C1. The number of amides is 2. The van der Waals surface area contributed by atoms with Crippen LogP contribution in [0.1, 0.15) is 47.9 Å². The molecule has 0 bridgehead atoms. The summed E-state index contributed by atoms with van der Waals surface area (Å²) < 4.78 is 0. The maximum Gasteiger partial charge on any atom is 0.323 e. The second-order valence-corrected chi connectivity index (χ2v) is 8.87. The van der Waals surface area contributed by atoms with Crippen molar-refractivity contribution < 1.29 is 4.79 Å². The second-order valence-electron chi connectivity index (χ2n) is 7.79. The van der Waals surface area contributed by atoms with Gasteiger partial charge in [0.1, 0.15) is 0 Å². The van der Waals surface area contributed by atoms with Crippen LogP contribution in [0.5, 0.6) is 0 Å². The average Bonchev–Trinajstić information content (AvgIpc) is 3.41. The fraction of sp³-hybridized carbons (Fsp3) is 0.579. The molecule has 2 aliphatic carbocycles. The summed E-state index contributed by atoms with van der Waals surface area (Å²) in [4.78, 5) is 22.4. The first kappa shape index (κ1) is 16.9. The number of nitrogens with one attached hydrogen (secondary N) is 1. The minimum atomic E-state index is -0.0825. The van der Waals surface area contributed by atoms with Crippen molar-refractivity contribution >= 4 is 28.3 Å². The van der Waals surface area contributed by atoms with Gasteiger partial charge in [-0.1, -0.05) is 0 Å². The van der Waals surface area contributed by atoms with E-state index >= 15 is 0 Å². The summed E-state index contributed by atoms with van der Waals surface area (Å²) in [6.07, 6.45) is 7.04. The first-order valence-corrected chi connectivity index (χ1v) is 10.6. The Kier molecular flexibility index (Phi) is 4.22. The van der Waals surface area contributed by atoms with E-state index < -0.39 is 0 Å². The van der Waals surface area contributed by atoms with Gasteiger partial charge in [0.2, 0.25) is 0 Å². The van der Waals surface area contributed by atoms with Gasteiger partial charge in [0.05, 0.1) is 17.4 Å². The van der Waals surface area contributed by atoms with Gasteiger partial charge in [0, 0.05) is 30.9 Å². The van der Waals surface area contributed by atoms with Crippen LogP contribution in [0.15, 0.2) is 12.1 Å². The Balaban J connectivity index is 1.15. The Bertz CT molecular complexity index is 817. The number of carbonyl (C=O) groups is 1. The zero-order chi connectivity index (χ0) is 18.4. The summed E-state index contributed by atoms with van der Waals surface area (Å²) in [6.45, 7) is 1.57. The van der Waals surface area contributed by atoms with Crippen molar-refractivity contribution in [2.45, 2.75) is 50.5 Å². The predicted octanol–water partition coefficient (Wildman–Crippen LogP) is 3.04. The summed E-state index contributed by atoms with van der Waals surface area (Å²) in [5.41, 5.74) is 2.28. The molecule has 1 saturated carbocycles. The molecule has 8 heteroatoms. The Labute approximate surface area is 162 Å². The summed E-state index contributed by atoms with van der Waals surface area (Å²) in [7, 11) is 1.85. The van der Waals surface area contributed by atoms with Crippen molar-refractivity contribution in [2.75, 3.05) is 30.4 Å². The maximum atomic E-state index is 12.6. The Morgan fingerprint density at radius 1 is 1.22 bits per heavy atom. The fourth-order valence-electron chi connectivity index (χ4n) is 3.74. The zero-order valence-electron chi connectivity index (χ0n) is 15.5. The molecular formula is C19H24N6OS. The highest BCUT2D eigenvalue weighted by Gasteiger charge is 2.34. The molecule has 2 fully saturated rings. The number of rotatable bonds is 4. The molecule has 142 valence electrons. The van der Waals surface area contributed by atoms with Crippen LogP contribution in [0.4, 0.5) is 15.7 Å². The minimum absolute atomic E-state index is 0.0825. The summed E-state index contributed by atoms with van der Waals surface area (Å²) in [5.74, 6) is 1.53. The lowest BCUT2D eigenvalue weighted by Gasteiger charge is -2.44. The molecule has 0 spiro atoms. The molecule has 0 unspecified atom stereocenters. The maximum absolute atomic E-state index is 12.6. The van der Waals surface area contributed by atoms with Gasteiger partial charge in [-0.3, -0.25) is 5.32 Å². The number of aromatic nitrogens is 3. The molecule has 2 aromatic rings. The van der Waals surface area contributed by atoms with Gasteiger partial charge in [-0.15, -0.1) is 16.4 Å². The molecule has 1 saturated heterocycles. The van der Waals surface area contributed by atoms with Gasteiger partial charge in [-0.2, -0.15) is 5.10 Å². The normalized spacial score (nSPS) is 19.4. The molecule has 1 N–H and O–H groups in total. The number of thiazole rings is 1. The van der Waals surface area contributed by atoms with Crippen LogP contribution in [-0.4, -0.2) is 52.3 Å². The molecule has 0 atom stereocenters. The number of carbonyl (C=O) groups excluding carboxylic acids is 1. The Morgan fingerprint density at radius 3 is 2.74 bits per heavy atom. The smallest absolute Gasteiger partial charge is 0.323 e. The van der Waals surface area contributed by atoms with E-state index in [1.54, 1.807) is 16.2 Å². The van der Waals surface area contributed by atoms with E-state index in [9.17, 15) is 4.79 Å². The lowest BCUT2D eigenvalue weighted by Crippen LogP contribution is -2.60. The van der Waals surface area contributed by atoms with Gasteiger partial charge in [0.15, 0.2) is 10.9 Å². The monoisotopic (exact) mass is 384 g/mol. The highest BCUT2D eigenvalue weighted by atomic mass is 32.1. The second kappa shape index (κ2) is 6.74. The number of anilines is 2. The van der Waals surface area contributed by atoms with E-state index in [1.165, 1.54) is 36.3 Å². The van der Waals surface area contributed by atoms with Crippen molar-refractivity contribution in [2.24, 2.45) is 0 Å². The molecule has 27 heavy (non-hydrogen) atoms. The minimum Gasteiger partial charge on any atom is -0.351 e. The van der Waals surface area contributed by atoms with Crippen LogP contribution in [0.2, 0.25) is 0 Å². The highest BCUT2D eigenvalue weighted by Crippen LogP contribution is 2.39. The third-order valence-electron chi connectivity index (χ3n) is 5.78. The van der Waals surface area contributed by atoms with Crippen LogP contribution in [0, 0.1) is 0 Å².